The minimum absolute atomic E-state index is 0.191. The van der Waals surface area contributed by atoms with E-state index in [1.54, 1.807) is 26.0 Å². The highest BCUT2D eigenvalue weighted by atomic mass is 19.3. The van der Waals surface area contributed by atoms with Crippen LogP contribution >= 0.6 is 0 Å². The van der Waals surface area contributed by atoms with Crippen LogP contribution in [-0.4, -0.2) is 24.1 Å². The van der Waals surface area contributed by atoms with Crippen molar-refractivity contribution in [2.75, 3.05) is 11.9 Å². The van der Waals surface area contributed by atoms with Crippen molar-refractivity contribution in [3.05, 3.63) is 57.4 Å². The summed E-state index contributed by atoms with van der Waals surface area (Å²) in [6.45, 7) is 0.732. The number of carbonyl (C=O) groups excluding carboxylic acids is 1. The minimum atomic E-state index is -3.10. The van der Waals surface area contributed by atoms with Gasteiger partial charge in [0.25, 0.3) is 0 Å². The molecule has 0 saturated heterocycles. The van der Waals surface area contributed by atoms with E-state index in [1.807, 2.05) is 0 Å². The second kappa shape index (κ2) is 7.30. The average Bonchev–Trinajstić information content (AvgIpc) is 3.18. The Labute approximate surface area is 171 Å². The van der Waals surface area contributed by atoms with Gasteiger partial charge in [0.15, 0.2) is 0 Å². The number of aromatic nitrogens is 1. The van der Waals surface area contributed by atoms with Crippen LogP contribution in [0, 0.1) is 18.3 Å². The number of benzene rings is 1. The number of aryl methyl sites for hydroxylation is 1. The van der Waals surface area contributed by atoms with Gasteiger partial charge in [-0.3, -0.25) is 4.79 Å². The number of carbonyl (C=O) groups is 1. The summed E-state index contributed by atoms with van der Waals surface area (Å²) in [7, 11) is 0. The van der Waals surface area contributed by atoms with E-state index in [0.29, 0.717) is 52.4 Å². The summed E-state index contributed by atoms with van der Waals surface area (Å²) in [5, 5.41) is 12.5. The Morgan fingerprint density at radius 3 is 2.87 bits per heavy atom. The maximum atomic E-state index is 13.1. The SMILES string of the molecule is CC1=C(C(N)=O)[C@H](c2ccc(C#N)c3c2OCC3)c2c(OC(F)F)ncc(C)c2N1. The fourth-order valence-corrected chi connectivity index (χ4v) is 4.13. The second-order valence-corrected chi connectivity index (χ2v) is 7.09. The fraction of sp³-hybridized carbons (Fsp3) is 0.286. The van der Waals surface area contributed by atoms with Crippen LogP contribution in [-0.2, 0) is 11.2 Å². The number of hydrogen-bond donors (Lipinski definition) is 2. The van der Waals surface area contributed by atoms with Gasteiger partial charge in [-0.05, 0) is 25.5 Å². The number of nitriles is 1. The van der Waals surface area contributed by atoms with Gasteiger partial charge in [0.1, 0.15) is 5.75 Å². The van der Waals surface area contributed by atoms with Crippen LogP contribution in [0.1, 0.15) is 40.7 Å². The van der Waals surface area contributed by atoms with Crippen LogP contribution in [0.2, 0.25) is 0 Å². The molecular formula is C21H18F2N4O3. The third-order valence-corrected chi connectivity index (χ3v) is 5.35. The molecule has 9 heteroatoms. The third kappa shape index (κ3) is 3.01. The van der Waals surface area contributed by atoms with E-state index >= 15 is 0 Å². The van der Waals surface area contributed by atoms with Crippen LogP contribution in [0.25, 0.3) is 0 Å². The molecule has 0 spiro atoms. The molecule has 4 rings (SSSR count). The van der Waals surface area contributed by atoms with Gasteiger partial charge < -0.3 is 20.5 Å². The van der Waals surface area contributed by atoms with Gasteiger partial charge >= 0.3 is 6.61 Å². The van der Waals surface area contributed by atoms with E-state index in [1.165, 1.54) is 6.20 Å². The van der Waals surface area contributed by atoms with Crippen molar-refractivity contribution in [2.45, 2.75) is 32.8 Å². The molecule has 1 aromatic carbocycles. The largest absolute Gasteiger partial charge is 0.493 e. The first-order valence-corrected chi connectivity index (χ1v) is 9.24. The molecule has 1 aromatic heterocycles. The molecule has 0 radical (unpaired) electrons. The highest BCUT2D eigenvalue weighted by molar-refractivity contribution is 5.98. The predicted molar refractivity (Wildman–Crippen MR) is 103 cm³/mol. The van der Waals surface area contributed by atoms with Crippen molar-refractivity contribution in [3.8, 4) is 17.7 Å². The first-order chi connectivity index (χ1) is 14.3. The van der Waals surface area contributed by atoms with Crippen LogP contribution in [0.15, 0.2) is 29.6 Å². The molecule has 3 N–H and O–H groups in total. The number of ether oxygens (including phenoxy) is 2. The maximum Gasteiger partial charge on any atom is 0.388 e. The van der Waals surface area contributed by atoms with Gasteiger partial charge in [-0.2, -0.15) is 14.0 Å². The molecule has 7 nitrogen and oxygen atoms in total. The Morgan fingerprint density at radius 2 is 2.20 bits per heavy atom. The first-order valence-electron chi connectivity index (χ1n) is 9.24. The van der Waals surface area contributed by atoms with E-state index in [-0.39, 0.29) is 17.0 Å². The minimum Gasteiger partial charge on any atom is -0.493 e. The number of halogens is 2. The molecule has 2 aliphatic rings. The molecule has 0 fully saturated rings. The standard InChI is InChI=1S/C21H18F2N4O3/c1-9-8-26-20(30-21(22)23)16-15(14(19(25)28)10(2)27-17(9)16)13-4-3-11(7-24)12-5-6-29-18(12)13/h3-4,8,15,21,27H,5-6H2,1-2H3,(H2,25,28)/t15-/m0/s1. The quantitative estimate of drug-likeness (QED) is 0.798. The van der Waals surface area contributed by atoms with Gasteiger partial charge in [-0.25, -0.2) is 4.98 Å². The normalized spacial score (nSPS) is 17.0. The van der Waals surface area contributed by atoms with Crippen LogP contribution in [0.3, 0.4) is 0 Å². The zero-order valence-corrected chi connectivity index (χ0v) is 16.3. The van der Waals surface area contributed by atoms with Gasteiger partial charge in [0.05, 0.1) is 35.4 Å². The van der Waals surface area contributed by atoms with Crippen LogP contribution in [0.4, 0.5) is 14.5 Å². The lowest BCUT2D eigenvalue weighted by molar-refractivity contribution is -0.114. The van der Waals surface area contributed by atoms with Crippen molar-refractivity contribution in [3.63, 3.8) is 0 Å². The molecule has 0 aliphatic carbocycles. The van der Waals surface area contributed by atoms with Gasteiger partial charge in [0.2, 0.25) is 11.8 Å². The lowest BCUT2D eigenvalue weighted by atomic mass is 9.79. The number of rotatable bonds is 4. The average molecular weight is 412 g/mol. The molecular weight excluding hydrogens is 394 g/mol. The molecule has 0 bridgehead atoms. The number of alkyl halides is 2. The number of allylic oxidation sites excluding steroid dienone is 1. The van der Waals surface area contributed by atoms with E-state index in [9.17, 15) is 18.8 Å². The molecule has 30 heavy (non-hydrogen) atoms. The van der Waals surface area contributed by atoms with Crippen LogP contribution in [0.5, 0.6) is 11.6 Å². The number of nitrogens with zero attached hydrogens (tertiary/aromatic N) is 2. The molecule has 2 aromatic rings. The monoisotopic (exact) mass is 412 g/mol. The smallest absolute Gasteiger partial charge is 0.388 e. The molecule has 154 valence electrons. The number of fused-ring (bicyclic) bond motifs is 2. The Bertz CT molecular complexity index is 1140. The Morgan fingerprint density at radius 1 is 1.43 bits per heavy atom. The summed E-state index contributed by atoms with van der Waals surface area (Å²) in [5.74, 6) is -1.40. The number of primary amides is 1. The van der Waals surface area contributed by atoms with Crippen molar-refractivity contribution in [1.82, 2.24) is 4.98 Å². The summed E-state index contributed by atoms with van der Waals surface area (Å²) >= 11 is 0. The number of anilines is 1. The topological polar surface area (TPSA) is 110 Å². The summed E-state index contributed by atoms with van der Waals surface area (Å²) in [6, 6.07) is 5.43. The molecule has 1 amide bonds. The lowest BCUT2D eigenvalue weighted by Gasteiger charge is -2.32. The third-order valence-electron chi connectivity index (χ3n) is 5.35. The zero-order chi connectivity index (χ0) is 21.6. The molecule has 0 saturated carbocycles. The summed E-state index contributed by atoms with van der Waals surface area (Å²) < 4.78 is 36.7. The number of amides is 1. The lowest BCUT2D eigenvalue weighted by Crippen LogP contribution is -2.29. The van der Waals surface area contributed by atoms with E-state index in [4.69, 9.17) is 15.2 Å². The van der Waals surface area contributed by atoms with Crippen molar-refractivity contribution in [1.29, 1.82) is 5.26 Å². The molecule has 3 heterocycles. The van der Waals surface area contributed by atoms with Gasteiger partial charge in [-0.15, -0.1) is 0 Å². The summed E-state index contributed by atoms with van der Waals surface area (Å²) in [5.41, 5.74) is 9.58. The molecule has 1 atom stereocenters. The van der Waals surface area contributed by atoms with Crippen molar-refractivity contribution >= 4 is 11.6 Å². The van der Waals surface area contributed by atoms with Gasteiger partial charge in [-0.1, -0.05) is 6.07 Å². The van der Waals surface area contributed by atoms with Crippen LogP contribution < -0.4 is 20.5 Å². The summed E-state index contributed by atoms with van der Waals surface area (Å²) in [6.07, 6.45) is 1.95. The predicted octanol–water partition coefficient (Wildman–Crippen LogP) is 3.11. The van der Waals surface area contributed by atoms with E-state index in [2.05, 4.69) is 16.4 Å². The first kappa shape index (κ1) is 19.6. The fourth-order valence-electron chi connectivity index (χ4n) is 4.13. The van der Waals surface area contributed by atoms with E-state index in [0.717, 1.165) is 0 Å². The van der Waals surface area contributed by atoms with Crippen molar-refractivity contribution in [2.24, 2.45) is 5.73 Å². The second-order valence-electron chi connectivity index (χ2n) is 7.09. The molecule has 0 unspecified atom stereocenters. The maximum absolute atomic E-state index is 13.1. The highest BCUT2D eigenvalue weighted by Gasteiger charge is 2.39. The number of nitrogens with one attached hydrogen (secondary N) is 1. The Kier molecular flexibility index (Phi) is 4.78. The zero-order valence-electron chi connectivity index (χ0n) is 16.3. The Hall–Kier alpha value is -3.67. The number of pyridine rings is 1. The number of nitrogens with two attached hydrogens (primary N) is 1. The van der Waals surface area contributed by atoms with Crippen molar-refractivity contribution < 1.29 is 23.0 Å². The van der Waals surface area contributed by atoms with Gasteiger partial charge in [0, 0.05) is 35.0 Å². The Balaban J connectivity index is 2.04. The highest BCUT2D eigenvalue weighted by Crippen LogP contribution is 2.50. The van der Waals surface area contributed by atoms with E-state index < -0.39 is 18.4 Å². The number of hydrogen-bond acceptors (Lipinski definition) is 6. The summed E-state index contributed by atoms with van der Waals surface area (Å²) in [4.78, 5) is 16.5. The molecule has 2 aliphatic heterocycles.